The topological polar surface area (TPSA) is 130 Å². The molecule has 7 nitrogen and oxygen atoms in total. The first kappa shape index (κ1) is 16.4. The maximum atomic E-state index is 12.0. The van der Waals surface area contributed by atoms with Crippen LogP contribution in [-0.2, 0) is 10.0 Å². The lowest BCUT2D eigenvalue weighted by Gasteiger charge is -2.13. The molecule has 1 unspecified atom stereocenters. The first-order chi connectivity index (χ1) is 9.27. The van der Waals surface area contributed by atoms with E-state index < -0.39 is 16.0 Å². The molecule has 1 atom stereocenters. The molecule has 1 rings (SSSR count). The summed E-state index contributed by atoms with van der Waals surface area (Å²) in [5, 5.41) is 17.6. The Labute approximate surface area is 117 Å². The number of aliphatic hydroxyl groups excluding tert-OH is 1. The zero-order chi connectivity index (χ0) is 15.3. The molecule has 0 aliphatic carbocycles. The first-order valence-corrected chi connectivity index (χ1v) is 7.49. The van der Waals surface area contributed by atoms with Crippen LogP contribution in [0.4, 0.5) is 5.69 Å². The van der Waals surface area contributed by atoms with Crippen LogP contribution in [0.1, 0.15) is 23.7 Å². The minimum atomic E-state index is -3.80. The number of hydrogen-bond donors (Lipinski definition) is 4. The third kappa shape index (κ3) is 4.19. The fourth-order valence-corrected chi connectivity index (χ4v) is 2.85. The van der Waals surface area contributed by atoms with Crippen molar-refractivity contribution in [1.29, 1.82) is 0 Å². The van der Waals surface area contributed by atoms with Gasteiger partial charge in [0.2, 0.25) is 10.0 Å². The average Bonchev–Trinajstić information content (AvgIpc) is 2.36. The molecule has 1 aromatic carbocycles. The van der Waals surface area contributed by atoms with Gasteiger partial charge in [-0.15, -0.1) is 0 Å². The average molecular weight is 302 g/mol. The summed E-state index contributed by atoms with van der Waals surface area (Å²) >= 11 is 0. The highest BCUT2D eigenvalue weighted by atomic mass is 32.2. The Morgan fingerprint density at radius 2 is 2.10 bits per heavy atom. The predicted octanol–water partition coefficient (Wildman–Crippen LogP) is 0.264. The van der Waals surface area contributed by atoms with Gasteiger partial charge in [-0.1, -0.05) is 6.92 Å². The minimum Gasteiger partial charge on any atom is -0.478 e. The highest BCUT2D eigenvalue weighted by Gasteiger charge is 2.19. The molecule has 8 heteroatoms. The second-order valence-electron chi connectivity index (χ2n) is 4.53. The van der Waals surface area contributed by atoms with Gasteiger partial charge < -0.3 is 15.9 Å². The molecule has 0 aliphatic rings. The van der Waals surface area contributed by atoms with Crippen LogP contribution < -0.4 is 10.5 Å². The molecule has 5 N–H and O–H groups in total. The summed E-state index contributed by atoms with van der Waals surface area (Å²) in [5.41, 5.74) is 5.40. The Morgan fingerprint density at radius 1 is 1.45 bits per heavy atom. The van der Waals surface area contributed by atoms with E-state index in [0.29, 0.717) is 6.42 Å². The first-order valence-electron chi connectivity index (χ1n) is 6.01. The van der Waals surface area contributed by atoms with Crippen molar-refractivity contribution in [3.05, 3.63) is 23.8 Å². The molecule has 0 heterocycles. The van der Waals surface area contributed by atoms with E-state index in [4.69, 9.17) is 15.9 Å². The maximum Gasteiger partial charge on any atom is 0.335 e. The van der Waals surface area contributed by atoms with Gasteiger partial charge in [0.25, 0.3) is 0 Å². The molecule has 0 amide bonds. The van der Waals surface area contributed by atoms with Gasteiger partial charge in [-0.2, -0.15) is 0 Å². The van der Waals surface area contributed by atoms with E-state index in [9.17, 15) is 13.2 Å². The smallest absolute Gasteiger partial charge is 0.335 e. The number of nitrogens with one attached hydrogen (secondary N) is 1. The van der Waals surface area contributed by atoms with Crippen LogP contribution in [0.2, 0.25) is 0 Å². The predicted molar refractivity (Wildman–Crippen MR) is 73.9 cm³/mol. The van der Waals surface area contributed by atoms with Gasteiger partial charge in [0.15, 0.2) is 0 Å². The molecule has 0 spiro atoms. The molecular weight excluding hydrogens is 284 g/mol. The lowest BCUT2D eigenvalue weighted by molar-refractivity contribution is 0.0697. The molecule has 1 aromatic rings. The number of benzene rings is 1. The Kier molecular flexibility index (Phi) is 5.49. The van der Waals surface area contributed by atoms with E-state index in [1.54, 1.807) is 6.92 Å². The summed E-state index contributed by atoms with van der Waals surface area (Å²) in [7, 11) is -3.80. The van der Waals surface area contributed by atoms with Crippen molar-refractivity contribution >= 4 is 21.7 Å². The lowest BCUT2D eigenvalue weighted by atomic mass is 10.1. The zero-order valence-corrected chi connectivity index (χ0v) is 11.9. The van der Waals surface area contributed by atoms with Crippen molar-refractivity contribution in [2.75, 3.05) is 18.9 Å². The van der Waals surface area contributed by atoms with E-state index in [-0.39, 0.29) is 35.2 Å². The summed E-state index contributed by atoms with van der Waals surface area (Å²) in [6.07, 6.45) is 0.482. The zero-order valence-electron chi connectivity index (χ0n) is 11.0. The molecule has 0 fully saturated rings. The molecule has 20 heavy (non-hydrogen) atoms. The summed E-state index contributed by atoms with van der Waals surface area (Å²) in [6, 6.07) is 3.45. The Balaban J connectivity index is 2.90. The number of aliphatic hydroxyl groups is 1. The molecule has 0 radical (unpaired) electrons. The molecular formula is C12H18N2O5S. The standard InChI is InChI=1S/C12H18N2O5S/c1-8(4-5-15)7-14-20(18,19)11-3-2-9(12(16)17)6-10(11)13/h2-3,6,8,14-15H,4-5,7,13H2,1H3,(H,16,17). The van der Waals surface area contributed by atoms with Crippen molar-refractivity contribution in [2.24, 2.45) is 5.92 Å². The van der Waals surface area contributed by atoms with E-state index >= 15 is 0 Å². The Hall–Kier alpha value is -1.64. The van der Waals surface area contributed by atoms with Crippen LogP contribution in [0, 0.1) is 5.92 Å². The van der Waals surface area contributed by atoms with E-state index in [1.165, 1.54) is 6.07 Å². The Bertz CT molecular complexity index is 586. The van der Waals surface area contributed by atoms with Crippen LogP contribution >= 0.6 is 0 Å². The van der Waals surface area contributed by atoms with Crippen LogP contribution in [0.5, 0.6) is 0 Å². The summed E-state index contributed by atoms with van der Waals surface area (Å²) in [6.45, 7) is 1.96. The largest absolute Gasteiger partial charge is 0.478 e. The van der Waals surface area contributed by atoms with Gasteiger partial charge in [-0.3, -0.25) is 0 Å². The van der Waals surface area contributed by atoms with E-state index in [2.05, 4.69) is 4.72 Å². The molecule has 0 saturated carbocycles. The quantitative estimate of drug-likeness (QED) is 0.535. The van der Waals surface area contributed by atoms with Crippen molar-refractivity contribution in [3.63, 3.8) is 0 Å². The number of carbonyl (C=O) groups is 1. The number of carboxylic acids is 1. The molecule has 0 aromatic heterocycles. The number of hydrogen-bond acceptors (Lipinski definition) is 5. The molecule has 0 saturated heterocycles. The van der Waals surface area contributed by atoms with Crippen LogP contribution in [0.3, 0.4) is 0 Å². The van der Waals surface area contributed by atoms with Gasteiger partial charge >= 0.3 is 5.97 Å². The van der Waals surface area contributed by atoms with E-state index in [1.807, 2.05) is 0 Å². The van der Waals surface area contributed by atoms with E-state index in [0.717, 1.165) is 12.1 Å². The van der Waals surface area contributed by atoms with Crippen molar-refractivity contribution in [1.82, 2.24) is 4.72 Å². The highest BCUT2D eigenvalue weighted by molar-refractivity contribution is 7.89. The second kappa shape index (κ2) is 6.69. The van der Waals surface area contributed by atoms with Crippen LogP contribution in [0.15, 0.2) is 23.1 Å². The van der Waals surface area contributed by atoms with Crippen molar-refractivity contribution < 1.29 is 23.4 Å². The normalized spacial score (nSPS) is 13.1. The van der Waals surface area contributed by atoms with Gasteiger partial charge in [-0.25, -0.2) is 17.9 Å². The summed E-state index contributed by atoms with van der Waals surface area (Å²) in [5.74, 6) is -1.19. The number of nitrogens with two attached hydrogens (primary N) is 1. The Morgan fingerprint density at radius 3 is 2.60 bits per heavy atom. The number of nitrogen functional groups attached to an aromatic ring is 1. The van der Waals surface area contributed by atoms with Crippen molar-refractivity contribution in [3.8, 4) is 0 Å². The SMILES string of the molecule is CC(CCO)CNS(=O)(=O)c1ccc(C(=O)O)cc1N. The molecule has 112 valence electrons. The second-order valence-corrected chi connectivity index (χ2v) is 6.26. The number of rotatable bonds is 7. The fourth-order valence-electron chi connectivity index (χ4n) is 1.58. The monoisotopic (exact) mass is 302 g/mol. The maximum absolute atomic E-state index is 12.0. The van der Waals surface area contributed by atoms with Gasteiger partial charge in [0.05, 0.1) is 11.3 Å². The highest BCUT2D eigenvalue weighted by Crippen LogP contribution is 2.20. The van der Waals surface area contributed by atoms with Gasteiger partial charge in [0.1, 0.15) is 4.90 Å². The van der Waals surface area contributed by atoms with Crippen LogP contribution in [0.25, 0.3) is 0 Å². The molecule has 0 aliphatic heterocycles. The molecule has 0 bridgehead atoms. The number of anilines is 1. The third-order valence-corrected chi connectivity index (χ3v) is 4.29. The minimum absolute atomic E-state index is 0.0155. The third-order valence-electron chi connectivity index (χ3n) is 2.79. The van der Waals surface area contributed by atoms with Gasteiger partial charge in [-0.05, 0) is 30.5 Å². The number of carboxylic acid groups (broad SMARTS) is 1. The van der Waals surface area contributed by atoms with Crippen molar-refractivity contribution in [2.45, 2.75) is 18.2 Å². The summed E-state index contributed by atoms with van der Waals surface area (Å²) in [4.78, 5) is 10.6. The van der Waals surface area contributed by atoms with Crippen LogP contribution in [-0.4, -0.2) is 37.8 Å². The number of sulfonamides is 1. The summed E-state index contributed by atoms with van der Waals surface area (Å²) < 4.78 is 26.5. The lowest BCUT2D eigenvalue weighted by Crippen LogP contribution is -2.29. The fraction of sp³-hybridized carbons (Fsp3) is 0.417. The number of aromatic carboxylic acids is 1. The van der Waals surface area contributed by atoms with Gasteiger partial charge in [0, 0.05) is 13.2 Å².